The first kappa shape index (κ1) is 27.7. The van der Waals surface area contributed by atoms with Crippen molar-refractivity contribution in [2.45, 2.75) is 56.8 Å². The quantitative estimate of drug-likeness (QED) is 0.375. The van der Waals surface area contributed by atoms with E-state index in [1.165, 1.54) is 0 Å². The number of carbonyl (C=O) groups excluding carboxylic acids is 3. The SMILES string of the molecule is CCCN1CC=C[C@H]2O[C@]34C=CCN(c5ccc6ccccc6c5)C(=O)C3N(CCCCCCO)C(=O)[C@@H]4[C@H]2C1=O. The second-order valence-corrected chi connectivity index (χ2v) is 11.6. The average molecular weight is 558 g/mol. The minimum absolute atomic E-state index is 0.0721. The number of aliphatic hydroxyl groups is 1. The lowest BCUT2D eigenvalue weighted by atomic mass is 9.77. The molecule has 41 heavy (non-hydrogen) atoms. The molecule has 1 N–H and O–H groups in total. The molecule has 2 saturated heterocycles. The fraction of sp³-hybridized carbons (Fsp3) is 0.485. The first-order valence-electron chi connectivity index (χ1n) is 15.0. The molecule has 1 spiro atoms. The summed E-state index contributed by atoms with van der Waals surface area (Å²) in [6, 6.07) is 13.2. The van der Waals surface area contributed by atoms with Crippen molar-refractivity contribution >= 4 is 34.2 Å². The Labute approximate surface area is 241 Å². The van der Waals surface area contributed by atoms with E-state index in [9.17, 15) is 19.5 Å². The van der Waals surface area contributed by atoms with Crippen molar-refractivity contribution in [3.05, 3.63) is 66.8 Å². The molecule has 8 heteroatoms. The van der Waals surface area contributed by atoms with Crippen molar-refractivity contribution in [1.82, 2.24) is 9.80 Å². The molecule has 2 fully saturated rings. The monoisotopic (exact) mass is 557 g/mol. The molecule has 0 aliphatic carbocycles. The van der Waals surface area contributed by atoms with Crippen molar-refractivity contribution in [2.24, 2.45) is 11.8 Å². The van der Waals surface area contributed by atoms with Crippen LogP contribution in [0.3, 0.4) is 0 Å². The number of likely N-dealkylation sites (tertiary alicyclic amines) is 1. The Morgan fingerprint density at radius 2 is 1.71 bits per heavy atom. The van der Waals surface area contributed by atoms with E-state index in [4.69, 9.17) is 4.74 Å². The number of unbranched alkanes of at least 4 members (excludes halogenated alkanes) is 3. The molecule has 0 bridgehead atoms. The fourth-order valence-electron chi connectivity index (χ4n) is 7.22. The Bertz CT molecular complexity index is 1390. The molecule has 2 aromatic rings. The van der Waals surface area contributed by atoms with Gasteiger partial charge in [0.05, 0.1) is 17.9 Å². The molecular weight excluding hydrogens is 518 g/mol. The molecule has 8 nitrogen and oxygen atoms in total. The highest BCUT2D eigenvalue weighted by Crippen LogP contribution is 2.53. The lowest BCUT2D eigenvalue weighted by Crippen LogP contribution is -2.55. The second kappa shape index (κ2) is 11.4. The Hall–Kier alpha value is -3.49. The summed E-state index contributed by atoms with van der Waals surface area (Å²) in [4.78, 5) is 48.0. The molecule has 6 rings (SSSR count). The Morgan fingerprint density at radius 3 is 2.51 bits per heavy atom. The lowest BCUT2D eigenvalue weighted by Gasteiger charge is -2.35. The minimum Gasteiger partial charge on any atom is -0.396 e. The summed E-state index contributed by atoms with van der Waals surface area (Å²) in [5, 5.41) is 11.3. The van der Waals surface area contributed by atoms with Gasteiger partial charge in [0.1, 0.15) is 11.6 Å². The van der Waals surface area contributed by atoms with Crippen LogP contribution in [0.4, 0.5) is 5.69 Å². The van der Waals surface area contributed by atoms with Gasteiger partial charge in [-0.3, -0.25) is 14.4 Å². The molecular formula is C33H39N3O5. The number of aliphatic hydroxyl groups excluding tert-OH is 1. The van der Waals surface area contributed by atoms with Gasteiger partial charge in [-0.1, -0.05) is 74.4 Å². The molecule has 216 valence electrons. The molecule has 4 aliphatic heterocycles. The summed E-state index contributed by atoms with van der Waals surface area (Å²) in [5.41, 5.74) is -0.443. The number of hydrogen-bond acceptors (Lipinski definition) is 5. The number of anilines is 1. The molecule has 4 aliphatic rings. The molecule has 0 aromatic heterocycles. The Balaban J connectivity index is 1.39. The number of nitrogens with zero attached hydrogens (tertiary/aromatic N) is 3. The van der Waals surface area contributed by atoms with Gasteiger partial charge >= 0.3 is 0 Å². The fourth-order valence-corrected chi connectivity index (χ4v) is 7.22. The Morgan fingerprint density at radius 1 is 0.902 bits per heavy atom. The summed E-state index contributed by atoms with van der Waals surface area (Å²) in [5.74, 6) is -1.87. The van der Waals surface area contributed by atoms with Gasteiger partial charge in [0, 0.05) is 38.5 Å². The van der Waals surface area contributed by atoms with E-state index < -0.39 is 29.6 Å². The first-order valence-corrected chi connectivity index (χ1v) is 15.0. The highest BCUT2D eigenvalue weighted by atomic mass is 16.5. The van der Waals surface area contributed by atoms with E-state index in [0.717, 1.165) is 35.7 Å². The van der Waals surface area contributed by atoms with Crippen LogP contribution in [0, 0.1) is 11.8 Å². The van der Waals surface area contributed by atoms with Crippen molar-refractivity contribution in [3.8, 4) is 0 Å². The van der Waals surface area contributed by atoms with Crippen molar-refractivity contribution in [3.63, 3.8) is 0 Å². The number of ether oxygens (including phenoxy) is 1. The van der Waals surface area contributed by atoms with E-state index in [1.807, 2.05) is 78.6 Å². The van der Waals surface area contributed by atoms with Crippen LogP contribution in [0.2, 0.25) is 0 Å². The lowest BCUT2D eigenvalue weighted by molar-refractivity contribution is -0.144. The van der Waals surface area contributed by atoms with Gasteiger partial charge in [-0.2, -0.15) is 0 Å². The van der Waals surface area contributed by atoms with Crippen LogP contribution in [0.15, 0.2) is 66.8 Å². The molecule has 2 aromatic carbocycles. The van der Waals surface area contributed by atoms with Gasteiger partial charge < -0.3 is 24.5 Å². The van der Waals surface area contributed by atoms with Crippen molar-refractivity contribution < 1.29 is 24.2 Å². The van der Waals surface area contributed by atoms with Crippen LogP contribution in [0.5, 0.6) is 0 Å². The minimum atomic E-state index is -1.21. The summed E-state index contributed by atoms with van der Waals surface area (Å²) >= 11 is 0. The zero-order valence-electron chi connectivity index (χ0n) is 23.7. The second-order valence-electron chi connectivity index (χ2n) is 11.6. The number of carbonyl (C=O) groups is 3. The summed E-state index contributed by atoms with van der Waals surface area (Å²) in [7, 11) is 0. The van der Waals surface area contributed by atoms with Gasteiger partial charge in [0.25, 0.3) is 5.91 Å². The molecule has 0 radical (unpaired) electrons. The maximum Gasteiger partial charge on any atom is 0.253 e. The molecule has 5 atom stereocenters. The summed E-state index contributed by atoms with van der Waals surface area (Å²) < 4.78 is 6.74. The van der Waals surface area contributed by atoms with Crippen LogP contribution < -0.4 is 4.90 Å². The van der Waals surface area contributed by atoms with Gasteiger partial charge in [-0.25, -0.2) is 0 Å². The highest BCUT2D eigenvalue weighted by Gasteiger charge is 2.71. The van der Waals surface area contributed by atoms with Crippen LogP contribution in [0.25, 0.3) is 10.8 Å². The largest absolute Gasteiger partial charge is 0.396 e. The number of hydrogen-bond donors (Lipinski definition) is 1. The normalized spacial score (nSPS) is 29.1. The van der Waals surface area contributed by atoms with E-state index in [-0.39, 0.29) is 24.3 Å². The zero-order valence-corrected chi connectivity index (χ0v) is 23.7. The van der Waals surface area contributed by atoms with E-state index in [2.05, 4.69) is 0 Å². The van der Waals surface area contributed by atoms with Gasteiger partial charge in [0.2, 0.25) is 11.8 Å². The van der Waals surface area contributed by atoms with E-state index in [1.54, 1.807) is 9.80 Å². The molecule has 1 unspecified atom stereocenters. The van der Waals surface area contributed by atoms with Crippen LogP contribution in [-0.2, 0) is 19.1 Å². The topological polar surface area (TPSA) is 90.4 Å². The maximum atomic E-state index is 14.6. The summed E-state index contributed by atoms with van der Waals surface area (Å²) in [6.07, 6.45) is 11.1. The predicted molar refractivity (Wildman–Crippen MR) is 157 cm³/mol. The standard InChI is InChI=1S/C33H39N3O5/c1-2-17-34-18-9-13-26-27(30(34)38)28-31(39)36(19-7-3-4-8-21-37)29-32(40)35(20-10-16-33(28,29)41-26)25-15-14-23-11-5-6-12-24(23)22-25/h5-6,9-16,22,26-29,37H,2-4,7-8,17-21H2,1H3/t26-,27+,28+,29?,33+/m1/s1. The highest BCUT2D eigenvalue weighted by molar-refractivity contribution is 6.06. The third kappa shape index (κ3) is 4.67. The van der Waals surface area contributed by atoms with Gasteiger partial charge in [0.15, 0.2) is 0 Å². The Kier molecular flexibility index (Phi) is 7.70. The number of amides is 3. The van der Waals surface area contributed by atoms with Crippen molar-refractivity contribution in [2.75, 3.05) is 37.7 Å². The zero-order chi connectivity index (χ0) is 28.6. The third-order valence-corrected chi connectivity index (χ3v) is 9.09. The van der Waals surface area contributed by atoms with Gasteiger partial charge in [-0.15, -0.1) is 0 Å². The predicted octanol–water partition coefficient (Wildman–Crippen LogP) is 3.68. The molecule has 0 saturated carbocycles. The third-order valence-electron chi connectivity index (χ3n) is 9.09. The van der Waals surface area contributed by atoms with E-state index >= 15 is 0 Å². The molecule has 4 heterocycles. The van der Waals surface area contributed by atoms with Crippen LogP contribution >= 0.6 is 0 Å². The number of benzene rings is 2. The smallest absolute Gasteiger partial charge is 0.253 e. The van der Waals surface area contributed by atoms with Crippen molar-refractivity contribution in [1.29, 1.82) is 0 Å². The van der Waals surface area contributed by atoms with E-state index in [0.29, 0.717) is 39.0 Å². The van der Waals surface area contributed by atoms with Crippen LogP contribution in [0.1, 0.15) is 39.0 Å². The van der Waals surface area contributed by atoms with Crippen LogP contribution in [-0.4, -0.2) is 83.2 Å². The maximum absolute atomic E-state index is 14.6. The van der Waals surface area contributed by atoms with Gasteiger partial charge in [-0.05, 0) is 42.2 Å². The summed E-state index contributed by atoms with van der Waals surface area (Å²) in [6.45, 7) is 4.05. The number of fused-ring (bicyclic) bond motifs is 3. The number of rotatable bonds is 9. The first-order chi connectivity index (χ1) is 20.0. The molecule has 3 amide bonds. The average Bonchev–Trinajstić information content (AvgIpc) is 3.29.